The van der Waals surface area contributed by atoms with E-state index in [2.05, 4.69) is 20.4 Å². The van der Waals surface area contributed by atoms with Crippen LogP contribution in [0.4, 0.5) is 5.69 Å². The van der Waals surface area contributed by atoms with Gasteiger partial charge in [0.2, 0.25) is 17.6 Å². The second-order valence-corrected chi connectivity index (χ2v) is 8.44. The molecular formula is C22H25N5O3S. The van der Waals surface area contributed by atoms with Gasteiger partial charge in [-0.15, -0.1) is 11.3 Å². The highest BCUT2D eigenvalue weighted by atomic mass is 32.1. The zero-order valence-electron chi connectivity index (χ0n) is 17.4. The zero-order chi connectivity index (χ0) is 21.6. The fourth-order valence-electron chi connectivity index (χ4n) is 3.61. The molecule has 9 heteroatoms. The molecule has 1 aliphatic heterocycles. The molecule has 4 rings (SSSR count). The number of piperazine rings is 1. The van der Waals surface area contributed by atoms with Gasteiger partial charge in [0, 0.05) is 50.8 Å². The number of benzene rings is 1. The molecule has 0 bridgehead atoms. The lowest BCUT2D eigenvalue weighted by molar-refractivity contribution is -0.114. The summed E-state index contributed by atoms with van der Waals surface area (Å²) in [7, 11) is 0. The van der Waals surface area contributed by atoms with Gasteiger partial charge in [-0.2, -0.15) is 4.98 Å². The topological polar surface area (TPSA) is 91.6 Å². The third-order valence-corrected chi connectivity index (χ3v) is 6.03. The number of thiophene rings is 1. The van der Waals surface area contributed by atoms with Crippen LogP contribution in [0.1, 0.15) is 29.6 Å². The van der Waals surface area contributed by atoms with Crippen LogP contribution >= 0.6 is 11.3 Å². The summed E-state index contributed by atoms with van der Waals surface area (Å²) in [5.74, 6) is 1.16. The van der Waals surface area contributed by atoms with Crippen molar-refractivity contribution in [3.05, 3.63) is 53.2 Å². The number of aryl methyl sites for hydroxylation is 1. The van der Waals surface area contributed by atoms with Crippen molar-refractivity contribution in [3.8, 4) is 10.7 Å². The summed E-state index contributed by atoms with van der Waals surface area (Å²) < 4.78 is 5.36. The van der Waals surface area contributed by atoms with E-state index >= 15 is 0 Å². The molecular weight excluding hydrogens is 414 g/mol. The molecule has 2 amide bonds. The molecule has 1 aromatic carbocycles. The largest absolute Gasteiger partial charge is 0.339 e. The van der Waals surface area contributed by atoms with Crippen molar-refractivity contribution in [2.45, 2.75) is 19.8 Å². The fourth-order valence-corrected chi connectivity index (χ4v) is 4.26. The summed E-state index contributed by atoms with van der Waals surface area (Å²) in [6.45, 7) is 5.42. The fraction of sp³-hybridized carbons (Fsp3) is 0.364. The molecule has 0 unspecified atom stereocenters. The van der Waals surface area contributed by atoms with Gasteiger partial charge in [-0.25, -0.2) is 0 Å². The first kappa shape index (κ1) is 21.2. The van der Waals surface area contributed by atoms with E-state index in [9.17, 15) is 9.59 Å². The van der Waals surface area contributed by atoms with Crippen molar-refractivity contribution in [2.75, 3.05) is 38.0 Å². The number of anilines is 1. The maximum Gasteiger partial charge on any atom is 0.254 e. The minimum atomic E-state index is -0.151. The van der Waals surface area contributed by atoms with Crippen molar-refractivity contribution < 1.29 is 14.1 Å². The molecule has 0 atom stereocenters. The lowest BCUT2D eigenvalue weighted by atomic mass is 10.1. The van der Waals surface area contributed by atoms with E-state index in [-0.39, 0.29) is 11.8 Å². The van der Waals surface area contributed by atoms with Crippen molar-refractivity contribution >= 4 is 28.8 Å². The van der Waals surface area contributed by atoms with Gasteiger partial charge in [-0.1, -0.05) is 17.3 Å². The Morgan fingerprint density at radius 1 is 1.16 bits per heavy atom. The van der Waals surface area contributed by atoms with E-state index in [0.29, 0.717) is 36.1 Å². The number of aromatic nitrogens is 2. The van der Waals surface area contributed by atoms with Crippen molar-refractivity contribution in [2.24, 2.45) is 0 Å². The van der Waals surface area contributed by atoms with Crippen LogP contribution in [0, 0.1) is 0 Å². The average molecular weight is 440 g/mol. The summed E-state index contributed by atoms with van der Waals surface area (Å²) in [6, 6.07) is 11.0. The Morgan fingerprint density at radius 3 is 2.74 bits per heavy atom. The molecule has 2 aromatic heterocycles. The number of hydrogen-bond acceptors (Lipinski definition) is 7. The number of carbonyl (C=O) groups excluding carboxylic acids is 2. The van der Waals surface area contributed by atoms with E-state index < -0.39 is 0 Å². The number of nitrogens with one attached hydrogen (secondary N) is 1. The highest BCUT2D eigenvalue weighted by molar-refractivity contribution is 7.13. The third kappa shape index (κ3) is 5.56. The first-order chi connectivity index (χ1) is 15.1. The van der Waals surface area contributed by atoms with Gasteiger partial charge in [-0.05, 0) is 42.6 Å². The quantitative estimate of drug-likeness (QED) is 0.608. The van der Waals surface area contributed by atoms with Crippen LogP contribution in [0.5, 0.6) is 0 Å². The molecule has 3 heterocycles. The van der Waals surface area contributed by atoms with Crippen molar-refractivity contribution in [1.29, 1.82) is 0 Å². The molecule has 31 heavy (non-hydrogen) atoms. The predicted molar refractivity (Wildman–Crippen MR) is 119 cm³/mol. The summed E-state index contributed by atoms with van der Waals surface area (Å²) in [5, 5.41) is 8.76. The highest BCUT2D eigenvalue weighted by Crippen LogP contribution is 2.21. The van der Waals surface area contributed by atoms with Gasteiger partial charge in [0.05, 0.1) is 4.88 Å². The van der Waals surface area contributed by atoms with Crippen molar-refractivity contribution in [3.63, 3.8) is 0 Å². The zero-order valence-corrected chi connectivity index (χ0v) is 18.2. The average Bonchev–Trinajstić information content (AvgIpc) is 3.45. The molecule has 0 saturated carbocycles. The van der Waals surface area contributed by atoms with Gasteiger partial charge < -0.3 is 14.7 Å². The minimum Gasteiger partial charge on any atom is -0.339 e. The molecule has 1 N–H and O–H groups in total. The highest BCUT2D eigenvalue weighted by Gasteiger charge is 2.22. The van der Waals surface area contributed by atoms with E-state index in [0.717, 1.165) is 37.4 Å². The van der Waals surface area contributed by atoms with Gasteiger partial charge in [0.1, 0.15) is 0 Å². The summed E-state index contributed by atoms with van der Waals surface area (Å²) in [4.78, 5) is 33.8. The molecule has 1 fully saturated rings. The second kappa shape index (κ2) is 9.84. The number of amides is 2. The first-order valence-electron chi connectivity index (χ1n) is 10.3. The Labute approximate surface area is 184 Å². The van der Waals surface area contributed by atoms with E-state index in [1.165, 1.54) is 6.92 Å². The predicted octanol–water partition coefficient (Wildman–Crippen LogP) is 3.15. The van der Waals surface area contributed by atoms with Crippen LogP contribution in [-0.4, -0.2) is 64.5 Å². The summed E-state index contributed by atoms with van der Waals surface area (Å²) in [6.07, 6.45) is 1.67. The van der Waals surface area contributed by atoms with Crippen LogP contribution in [0.2, 0.25) is 0 Å². The number of nitrogens with zero attached hydrogens (tertiary/aromatic N) is 4. The molecule has 162 valence electrons. The molecule has 3 aromatic rings. The van der Waals surface area contributed by atoms with Crippen molar-refractivity contribution in [1.82, 2.24) is 19.9 Å². The Kier molecular flexibility index (Phi) is 6.73. The minimum absolute atomic E-state index is 0.00109. The SMILES string of the molecule is CC(=O)Nc1cccc(C(=O)N2CCN(CCCc3nc(-c4cccs4)no3)CC2)c1. The smallest absolute Gasteiger partial charge is 0.254 e. The molecule has 8 nitrogen and oxygen atoms in total. The maximum absolute atomic E-state index is 12.8. The third-order valence-electron chi connectivity index (χ3n) is 5.16. The standard InChI is InChI=1S/C22H25N5O3S/c1-16(28)23-18-6-2-5-17(15-18)22(29)27-12-10-26(11-13-27)9-3-8-20-24-21(25-30-20)19-7-4-14-31-19/h2,4-7,14-15H,3,8-13H2,1H3,(H,23,28). The van der Waals surface area contributed by atoms with Crippen LogP contribution < -0.4 is 5.32 Å². The Morgan fingerprint density at radius 2 is 2.00 bits per heavy atom. The van der Waals surface area contributed by atoms with Crippen LogP contribution in [0.3, 0.4) is 0 Å². The van der Waals surface area contributed by atoms with E-state index in [1.54, 1.807) is 35.6 Å². The first-order valence-corrected chi connectivity index (χ1v) is 11.2. The van der Waals surface area contributed by atoms with E-state index in [1.807, 2.05) is 22.4 Å². The number of rotatable bonds is 7. The number of hydrogen-bond donors (Lipinski definition) is 1. The van der Waals surface area contributed by atoms with Crippen LogP contribution in [0.15, 0.2) is 46.3 Å². The monoisotopic (exact) mass is 439 g/mol. The van der Waals surface area contributed by atoms with Gasteiger partial charge in [0.15, 0.2) is 0 Å². The van der Waals surface area contributed by atoms with Gasteiger partial charge in [-0.3, -0.25) is 14.5 Å². The normalized spacial score (nSPS) is 14.5. The van der Waals surface area contributed by atoms with Gasteiger partial charge in [0.25, 0.3) is 5.91 Å². The number of carbonyl (C=O) groups is 2. The Bertz CT molecular complexity index is 1030. The molecule has 0 radical (unpaired) electrons. The second-order valence-electron chi connectivity index (χ2n) is 7.49. The molecule has 0 aliphatic carbocycles. The molecule has 1 saturated heterocycles. The lowest BCUT2D eigenvalue weighted by Gasteiger charge is -2.34. The summed E-state index contributed by atoms with van der Waals surface area (Å²) in [5.41, 5.74) is 1.23. The van der Waals surface area contributed by atoms with Crippen LogP contribution in [-0.2, 0) is 11.2 Å². The lowest BCUT2D eigenvalue weighted by Crippen LogP contribution is -2.48. The van der Waals surface area contributed by atoms with Crippen LogP contribution in [0.25, 0.3) is 10.7 Å². The molecule has 0 spiro atoms. The maximum atomic E-state index is 12.8. The molecule has 1 aliphatic rings. The summed E-state index contributed by atoms with van der Waals surface area (Å²) >= 11 is 1.60. The van der Waals surface area contributed by atoms with Gasteiger partial charge >= 0.3 is 0 Å². The van der Waals surface area contributed by atoms with E-state index in [4.69, 9.17) is 4.52 Å². The Balaban J connectivity index is 1.22. The Hall–Kier alpha value is -3.04.